The molecule has 0 heterocycles. The molecule has 10 nitrogen and oxygen atoms in total. The van der Waals surface area contributed by atoms with Crippen LogP contribution in [0, 0.1) is 6.92 Å². The summed E-state index contributed by atoms with van der Waals surface area (Å²) in [5.41, 5.74) is 1.12. The Kier molecular flexibility index (Phi) is 12.7. The first kappa shape index (κ1) is 35.3. The number of benzene rings is 2. The van der Waals surface area contributed by atoms with Crippen molar-refractivity contribution in [3.63, 3.8) is 0 Å². The number of esters is 2. The minimum absolute atomic E-state index is 0.0257. The molecule has 0 aliphatic heterocycles. The van der Waals surface area contributed by atoms with Crippen molar-refractivity contribution in [1.82, 2.24) is 10.6 Å². The molecule has 0 saturated heterocycles. The quantitative estimate of drug-likeness (QED) is 0.102. The lowest BCUT2D eigenvalue weighted by atomic mass is 10.2. The summed E-state index contributed by atoms with van der Waals surface area (Å²) in [6.07, 6.45) is -10.7. The van der Waals surface area contributed by atoms with Gasteiger partial charge in [0.25, 0.3) is 0 Å². The highest BCUT2D eigenvalue weighted by atomic mass is 33.1. The lowest BCUT2D eigenvalue weighted by molar-refractivity contribution is -0.175. The van der Waals surface area contributed by atoms with E-state index < -0.39 is 65.6 Å². The van der Waals surface area contributed by atoms with E-state index in [1.54, 1.807) is 19.1 Å². The zero-order chi connectivity index (χ0) is 32.4. The Hall–Kier alpha value is -3.93. The summed E-state index contributed by atoms with van der Waals surface area (Å²) >= 11 is 0. The molecule has 234 valence electrons. The minimum atomic E-state index is -5.36. The molecule has 2 aromatic carbocycles. The fraction of sp³-hybridized carbons (Fsp3) is 0.320. The molecule has 18 heteroatoms. The summed E-state index contributed by atoms with van der Waals surface area (Å²) in [5.74, 6) is -9.21. The first-order valence-corrected chi connectivity index (χ1v) is 14.3. The van der Waals surface area contributed by atoms with Crippen molar-refractivity contribution >= 4 is 56.9 Å². The van der Waals surface area contributed by atoms with Crippen molar-refractivity contribution in [2.75, 3.05) is 16.8 Å². The SMILES string of the molecule is CC(=O)Nc1ccc(OC(=O)C(CSSCC(NC(=O)C(F)(F)F)C(=O)Oc2ccc(C)cc2)NC(=O)C(F)(F)F)cc1. The summed E-state index contributed by atoms with van der Waals surface area (Å²) in [5, 5.41) is 5.41. The molecule has 0 radical (unpaired) electrons. The molecule has 2 atom stereocenters. The second kappa shape index (κ2) is 15.5. The predicted octanol–water partition coefficient (Wildman–Crippen LogP) is 3.94. The third-order valence-corrected chi connectivity index (χ3v) is 7.30. The van der Waals surface area contributed by atoms with Gasteiger partial charge in [0.2, 0.25) is 5.91 Å². The van der Waals surface area contributed by atoms with Gasteiger partial charge in [-0.15, -0.1) is 0 Å². The number of ether oxygens (including phenoxy) is 2. The van der Waals surface area contributed by atoms with Gasteiger partial charge >= 0.3 is 36.1 Å². The lowest BCUT2D eigenvalue weighted by Gasteiger charge is -2.20. The van der Waals surface area contributed by atoms with Gasteiger partial charge < -0.3 is 25.4 Å². The third kappa shape index (κ3) is 12.5. The van der Waals surface area contributed by atoms with E-state index in [-0.39, 0.29) is 11.5 Å². The molecule has 0 saturated carbocycles. The molecule has 0 aliphatic carbocycles. The Balaban J connectivity index is 2.09. The highest BCUT2D eigenvalue weighted by molar-refractivity contribution is 8.76. The third-order valence-electron chi connectivity index (χ3n) is 4.88. The average molecular weight is 656 g/mol. The van der Waals surface area contributed by atoms with Crippen molar-refractivity contribution in [2.45, 2.75) is 38.3 Å². The Labute approximate surface area is 248 Å². The zero-order valence-corrected chi connectivity index (χ0v) is 23.8. The Morgan fingerprint density at radius 3 is 1.42 bits per heavy atom. The fourth-order valence-corrected chi connectivity index (χ4v) is 5.14. The van der Waals surface area contributed by atoms with E-state index in [4.69, 9.17) is 9.47 Å². The zero-order valence-electron chi connectivity index (χ0n) is 22.1. The van der Waals surface area contributed by atoms with Gasteiger partial charge in [-0.2, -0.15) is 26.3 Å². The molecule has 2 rings (SSSR count). The van der Waals surface area contributed by atoms with Crippen molar-refractivity contribution < 1.29 is 59.8 Å². The van der Waals surface area contributed by atoms with Crippen LogP contribution in [0.25, 0.3) is 0 Å². The summed E-state index contributed by atoms with van der Waals surface area (Å²) < 4.78 is 87.1. The number of alkyl halides is 6. The molecule has 0 aliphatic rings. The smallest absolute Gasteiger partial charge is 0.425 e. The molecular weight excluding hydrogens is 632 g/mol. The maximum Gasteiger partial charge on any atom is 0.471 e. The van der Waals surface area contributed by atoms with Gasteiger partial charge in [0.05, 0.1) is 0 Å². The van der Waals surface area contributed by atoms with Gasteiger partial charge in [0, 0.05) is 24.1 Å². The van der Waals surface area contributed by atoms with Gasteiger partial charge in [-0.3, -0.25) is 14.4 Å². The van der Waals surface area contributed by atoms with E-state index in [1.165, 1.54) is 54.0 Å². The normalized spacial score (nSPS) is 12.8. The minimum Gasteiger partial charge on any atom is -0.425 e. The van der Waals surface area contributed by atoms with Crippen LogP contribution in [0.3, 0.4) is 0 Å². The number of carbonyl (C=O) groups excluding carboxylic acids is 5. The molecule has 43 heavy (non-hydrogen) atoms. The number of hydrogen-bond donors (Lipinski definition) is 3. The van der Waals surface area contributed by atoms with Crippen molar-refractivity contribution in [3.05, 3.63) is 54.1 Å². The lowest BCUT2D eigenvalue weighted by Crippen LogP contribution is -2.50. The number of nitrogens with one attached hydrogen (secondary N) is 3. The average Bonchev–Trinajstić information content (AvgIpc) is 2.90. The van der Waals surface area contributed by atoms with Crippen LogP contribution in [-0.2, 0) is 24.0 Å². The number of carbonyl (C=O) groups is 5. The van der Waals surface area contributed by atoms with Crippen molar-refractivity contribution in [3.8, 4) is 11.5 Å². The molecule has 2 aromatic rings. The van der Waals surface area contributed by atoms with Crippen LogP contribution < -0.4 is 25.4 Å². The highest BCUT2D eigenvalue weighted by Gasteiger charge is 2.42. The molecule has 3 N–H and O–H groups in total. The van der Waals surface area contributed by atoms with E-state index in [1.807, 2.05) is 0 Å². The second-order valence-electron chi connectivity index (χ2n) is 8.48. The number of anilines is 1. The molecule has 0 bridgehead atoms. The van der Waals surface area contributed by atoms with Crippen LogP contribution in [0.1, 0.15) is 12.5 Å². The van der Waals surface area contributed by atoms with Crippen LogP contribution in [0.15, 0.2) is 48.5 Å². The van der Waals surface area contributed by atoms with Gasteiger partial charge in [-0.1, -0.05) is 39.3 Å². The number of amides is 3. The van der Waals surface area contributed by atoms with E-state index in [2.05, 4.69) is 5.32 Å². The Morgan fingerprint density at radius 1 is 0.698 bits per heavy atom. The predicted molar refractivity (Wildman–Crippen MR) is 144 cm³/mol. The number of aryl methyl sites for hydroxylation is 1. The molecular formula is C25H23F6N3O7S2. The molecule has 0 aromatic heterocycles. The molecule has 0 spiro atoms. The van der Waals surface area contributed by atoms with E-state index in [0.29, 0.717) is 27.3 Å². The van der Waals surface area contributed by atoms with E-state index >= 15 is 0 Å². The second-order valence-corrected chi connectivity index (χ2v) is 11.0. The largest absolute Gasteiger partial charge is 0.471 e. The van der Waals surface area contributed by atoms with E-state index in [9.17, 15) is 50.3 Å². The van der Waals surface area contributed by atoms with Crippen LogP contribution in [0.2, 0.25) is 0 Å². The maximum absolute atomic E-state index is 12.9. The fourth-order valence-electron chi connectivity index (χ4n) is 2.84. The van der Waals surface area contributed by atoms with Gasteiger partial charge in [-0.25, -0.2) is 9.59 Å². The topological polar surface area (TPSA) is 140 Å². The van der Waals surface area contributed by atoms with Gasteiger partial charge in [-0.05, 0) is 43.3 Å². The van der Waals surface area contributed by atoms with Crippen LogP contribution >= 0.6 is 21.6 Å². The monoisotopic (exact) mass is 655 g/mol. The van der Waals surface area contributed by atoms with Crippen molar-refractivity contribution in [1.29, 1.82) is 0 Å². The highest BCUT2D eigenvalue weighted by Crippen LogP contribution is 2.26. The summed E-state index contributed by atoms with van der Waals surface area (Å²) in [6, 6.07) is 7.21. The van der Waals surface area contributed by atoms with Crippen LogP contribution in [-0.4, -0.2) is 65.6 Å². The first-order valence-electron chi connectivity index (χ1n) is 11.8. The number of halogens is 6. The first-order chi connectivity index (χ1) is 20.0. The van der Waals surface area contributed by atoms with Crippen LogP contribution in [0.4, 0.5) is 32.0 Å². The Bertz CT molecular complexity index is 1310. The molecule has 2 unspecified atom stereocenters. The standard InChI is InChI=1S/C25H23F6N3O7S2/c1-13-3-7-16(8-4-13)40-20(36)18(33-22(38)24(26,27)28)11-42-43-12-19(34-23(39)25(29,30)31)21(37)41-17-9-5-15(6-10-17)32-14(2)35/h3-10,18-19H,11-12H2,1-2H3,(H,32,35)(H,33,38)(H,34,39). The Morgan fingerprint density at radius 2 is 1.07 bits per heavy atom. The maximum atomic E-state index is 12.9. The summed E-state index contributed by atoms with van der Waals surface area (Å²) in [4.78, 5) is 59.2. The van der Waals surface area contributed by atoms with Gasteiger partial charge in [0.1, 0.15) is 23.6 Å². The number of hydrogen-bond acceptors (Lipinski definition) is 9. The number of rotatable bonds is 12. The molecule has 0 fully saturated rings. The molecule has 3 amide bonds. The van der Waals surface area contributed by atoms with Crippen LogP contribution in [0.5, 0.6) is 11.5 Å². The van der Waals surface area contributed by atoms with Gasteiger partial charge in [0.15, 0.2) is 0 Å². The summed E-state index contributed by atoms with van der Waals surface area (Å²) in [6.45, 7) is 2.98. The summed E-state index contributed by atoms with van der Waals surface area (Å²) in [7, 11) is 1.20. The van der Waals surface area contributed by atoms with E-state index in [0.717, 1.165) is 5.56 Å². The van der Waals surface area contributed by atoms with Crippen molar-refractivity contribution in [2.24, 2.45) is 0 Å².